The minimum absolute atomic E-state index is 0.226. The molecule has 3 rings (SSSR count). The second kappa shape index (κ2) is 6.91. The molecule has 0 atom stereocenters. The molecule has 0 aliphatic carbocycles. The van der Waals surface area contributed by atoms with Crippen LogP contribution < -0.4 is 5.43 Å². The lowest BCUT2D eigenvalue weighted by Gasteiger charge is -2.09. The highest BCUT2D eigenvalue weighted by Gasteiger charge is 2.16. The molecule has 0 unspecified atom stereocenters. The SMILES string of the molecule is Cc1cc(C(=O)NN=Cc2ccncc2)c(C)n1-c1ccccc1. The third kappa shape index (κ3) is 3.25. The predicted molar refractivity (Wildman–Crippen MR) is 94.5 cm³/mol. The van der Waals surface area contributed by atoms with Gasteiger partial charge in [-0.1, -0.05) is 18.2 Å². The van der Waals surface area contributed by atoms with Crippen LogP contribution in [0.15, 0.2) is 66.0 Å². The highest BCUT2D eigenvalue weighted by molar-refractivity contribution is 5.96. The first-order chi connectivity index (χ1) is 11.7. The molecule has 2 aromatic heterocycles. The fourth-order valence-corrected chi connectivity index (χ4v) is 2.64. The van der Waals surface area contributed by atoms with Crippen molar-refractivity contribution in [3.05, 3.63) is 83.4 Å². The van der Waals surface area contributed by atoms with Gasteiger partial charge in [0, 0.05) is 29.5 Å². The van der Waals surface area contributed by atoms with E-state index in [-0.39, 0.29) is 5.91 Å². The van der Waals surface area contributed by atoms with Gasteiger partial charge in [-0.3, -0.25) is 9.78 Å². The Kier molecular flexibility index (Phi) is 4.52. The second-order valence-electron chi connectivity index (χ2n) is 5.44. The van der Waals surface area contributed by atoms with E-state index in [0.29, 0.717) is 5.56 Å². The number of hydrazone groups is 1. The number of para-hydroxylation sites is 1. The molecule has 24 heavy (non-hydrogen) atoms. The van der Waals surface area contributed by atoms with E-state index in [2.05, 4.69) is 20.1 Å². The van der Waals surface area contributed by atoms with Gasteiger partial charge in [-0.25, -0.2) is 5.43 Å². The van der Waals surface area contributed by atoms with E-state index in [0.717, 1.165) is 22.6 Å². The Morgan fingerprint density at radius 3 is 2.54 bits per heavy atom. The highest BCUT2D eigenvalue weighted by atomic mass is 16.2. The molecule has 0 bridgehead atoms. The monoisotopic (exact) mass is 318 g/mol. The van der Waals surface area contributed by atoms with Gasteiger partial charge in [0.25, 0.3) is 5.91 Å². The number of aromatic nitrogens is 2. The topological polar surface area (TPSA) is 59.3 Å². The number of hydrogen-bond acceptors (Lipinski definition) is 3. The third-order valence-electron chi connectivity index (χ3n) is 3.78. The van der Waals surface area contributed by atoms with E-state index in [1.54, 1.807) is 18.6 Å². The van der Waals surface area contributed by atoms with Crippen molar-refractivity contribution in [3.8, 4) is 5.69 Å². The molecule has 0 spiro atoms. The average Bonchev–Trinajstić information content (AvgIpc) is 2.91. The zero-order valence-corrected chi connectivity index (χ0v) is 13.6. The van der Waals surface area contributed by atoms with Gasteiger partial charge in [-0.2, -0.15) is 5.10 Å². The fourth-order valence-electron chi connectivity index (χ4n) is 2.64. The fraction of sp³-hybridized carbons (Fsp3) is 0.105. The summed E-state index contributed by atoms with van der Waals surface area (Å²) in [5, 5.41) is 4.01. The van der Waals surface area contributed by atoms with Gasteiger partial charge < -0.3 is 4.57 Å². The van der Waals surface area contributed by atoms with Crippen LogP contribution >= 0.6 is 0 Å². The van der Waals surface area contributed by atoms with E-state index >= 15 is 0 Å². The van der Waals surface area contributed by atoms with E-state index in [1.807, 2.05) is 62.4 Å². The number of hydrogen-bond donors (Lipinski definition) is 1. The standard InChI is InChI=1S/C19H18N4O/c1-14-12-18(15(2)23(14)17-6-4-3-5-7-17)19(24)22-21-13-16-8-10-20-11-9-16/h3-13H,1-2H3,(H,22,24). The van der Waals surface area contributed by atoms with Crippen LogP contribution in [0.2, 0.25) is 0 Å². The molecule has 5 heteroatoms. The molecule has 0 saturated carbocycles. The summed E-state index contributed by atoms with van der Waals surface area (Å²) in [5.74, 6) is -0.226. The number of benzene rings is 1. The van der Waals surface area contributed by atoms with E-state index in [9.17, 15) is 4.79 Å². The molecular formula is C19H18N4O. The molecular weight excluding hydrogens is 300 g/mol. The lowest BCUT2D eigenvalue weighted by atomic mass is 10.2. The van der Waals surface area contributed by atoms with Gasteiger partial charge in [-0.05, 0) is 49.7 Å². The maximum Gasteiger partial charge on any atom is 0.273 e. The number of carbonyl (C=O) groups is 1. The number of nitrogens with one attached hydrogen (secondary N) is 1. The number of rotatable bonds is 4. The lowest BCUT2D eigenvalue weighted by molar-refractivity contribution is 0.0954. The van der Waals surface area contributed by atoms with Crippen molar-refractivity contribution < 1.29 is 4.79 Å². The average molecular weight is 318 g/mol. The number of aryl methyl sites for hydroxylation is 1. The molecule has 120 valence electrons. The van der Waals surface area contributed by atoms with Crippen LogP contribution in [0.25, 0.3) is 5.69 Å². The molecule has 0 fully saturated rings. The van der Waals surface area contributed by atoms with Crippen LogP contribution in [0.4, 0.5) is 0 Å². The van der Waals surface area contributed by atoms with Crippen molar-refractivity contribution in [2.75, 3.05) is 0 Å². The quantitative estimate of drug-likeness (QED) is 0.593. The highest BCUT2D eigenvalue weighted by Crippen LogP contribution is 2.20. The Bertz CT molecular complexity index is 867. The van der Waals surface area contributed by atoms with E-state index in [1.165, 1.54) is 0 Å². The minimum Gasteiger partial charge on any atom is -0.318 e. The van der Waals surface area contributed by atoms with Crippen molar-refractivity contribution in [2.45, 2.75) is 13.8 Å². The Morgan fingerprint density at radius 2 is 1.83 bits per heavy atom. The minimum atomic E-state index is -0.226. The van der Waals surface area contributed by atoms with Crippen LogP contribution in [0.3, 0.4) is 0 Å². The zero-order valence-electron chi connectivity index (χ0n) is 13.6. The van der Waals surface area contributed by atoms with Crippen LogP contribution in [-0.4, -0.2) is 21.7 Å². The number of pyridine rings is 1. The molecule has 0 aliphatic rings. The van der Waals surface area contributed by atoms with Gasteiger partial charge >= 0.3 is 0 Å². The number of carbonyl (C=O) groups excluding carboxylic acids is 1. The Labute approximate surface area is 140 Å². The van der Waals surface area contributed by atoms with Crippen molar-refractivity contribution in [3.63, 3.8) is 0 Å². The first-order valence-electron chi connectivity index (χ1n) is 7.64. The molecule has 1 amide bonds. The van der Waals surface area contributed by atoms with E-state index < -0.39 is 0 Å². The first kappa shape index (κ1) is 15.7. The van der Waals surface area contributed by atoms with Gasteiger partial charge in [0.05, 0.1) is 11.8 Å². The molecule has 0 saturated heterocycles. The summed E-state index contributed by atoms with van der Waals surface area (Å²) in [6.45, 7) is 3.92. The summed E-state index contributed by atoms with van der Waals surface area (Å²) < 4.78 is 2.06. The molecule has 2 heterocycles. The van der Waals surface area contributed by atoms with Gasteiger partial charge in [0.2, 0.25) is 0 Å². The summed E-state index contributed by atoms with van der Waals surface area (Å²) in [7, 11) is 0. The van der Waals surface area contributed by atoms with Crippen molar-refractivity contribution in [1.29, 1.82) is 0 Å². The summed E-state index contributed by atoms with van der Waals surface area (Å²) in [5.41, 5.74) is 6.99. The normalized spacial score (nSPS) is 10.9. The van der Waals surface area contributed by atoms with Crippen molar-refractivity contribution in [2.24, 2.45) is 5.10 Å². The summed E-state index contributed by atoms with van der Waals surface area (Å²) >= 11 is 0. The summed E-state index contributed by atoms with van der Waals surface area (Å²) in [6.07, 6.45) is 4.95. The maximum atomic E-state index is 12.4. The van der Waals surface area contributed by atoms with Crippen LogP contribution in [-0.2, 0) is 0 Å². The Balaban J connectivity index is 1.80. The van der Waals surface area contributed by atoms with Gasteiger partial charge in [-0.15, -0.1) is 0 Å². The zero-order chi connectivity index (χ0) is 16.9. The third-order valence-corrected chi connectivity index (χ3v) is 3.78. The molecule has 1 N–H and O–H groups in total. The largest absolute Gasteiger partial charge is 0.318 e. The smallest absolute Gasteiger partial charge is 0.273 e. The van der Waals surface area contributed by atoms with E-state index in [4.69, 9.17) is 0 Å². The Morgan fingerprint density at radius 1 is 1.12 bits per heavy atom. The Hall–Kier alpha value is -3.21. The maximum absolute atomic E-state index is 12.4. The van der Waals surface area contributed by atoms with Gasteiger partial charge in [0.15, 0.2) is 0 Å². The second-order valence-corrected chi connectivity index (χ2v) is 5.44. The van der Waals surface area contributed by atoms with Crippen molar-refractivity contribution in [1.82, 2.24) is 15.0 Å². The van der Waals surface area contributed by atoms with Gasteiger partial charge in [0.1, 0.15) is 0 Å². The summed E-state index contributed by atoms with van der Waals surface area (Å²) in [6, 6.07) is 15.5. The first-order valence-corrected chi connectivity index (χ1v) is 7.64. The molecule has 1 aromatic carbocycles. The van der Waals surface area contributed by atoms with Crippen LogP contribution in [0, 0.1) is 13.8 Å². The molecule has 0 radical (unpaired) electrons. The molecule has 3 aromatic rings. The van der Waals surface area contributed by atoms with Crippen LogP contribution in [0.5, 0.6) is 0 Å². The predicted octanol–water partition coefficient (Wildman–Crippen LogP) is 3.25. The van der Waals surface area contributed by atoms with Crippen molar-refractivity contribution >= 4 is 12.1 Å². The summed E-state index contributed by atoms with van der Waals surface area (Å²) in [4.78, 5) is 16.3. The number of nitrogens with zero attached hydrogens (tertiary/aromatic N) is 3. The van der Waals surface area contributed by atoms with Crippen LogP contribution in [0.1, 0.15) is 27.3 Å². The molecule has 5 nitrogen and oxygen atoms in total. The number of amides is 1. The lowest BCUT2D eigenvalue weighted by Crippen LogP contribution is -2.18. The molecule has 0 aliphatic heterocycles.